The summed E-state index contributed by atoms with van der Waals surface area (Å²) >= 11 is 1.30. The second-order valence-corrected chi connectivity index (χ2v) is 4.56. The lowest BCUT2D eigenvalue weighted by Gasteiger charge is -2.07. The third kappa shape index (κ3) is 2.42. The normalized spacial score (nSPS) is 10.4. The lowest BCUT2D eigenvalue weighted by molar-refractivity contribution is 0.0693. The average Bonchev–Trinajstić information content (AvgIpc) is 2.67. The standard InChI is InChI=1S/C11H11N3O2S/c1-14-6-7(5-13-14)17-10-8(11(15)16)3-2-4-9(10)12/h2-6H,12H2,1H3,(H,15,16). The smallest absolute Gasteiger partial charge is 0.336 e. The first-order valence-electron chi connectivity index (χ1n) is 4.86. The molecule has 0 fully saturated rings. The van der Waals surface area contributed by atoms with Crippen LogP contribution in [0.2, 0.25) is 0 Å². The molecular formula is C11H11N3O2S. The zero-order valence-corrected chi connectivity index (χ0v) is 9.94. The molecular weight excluding hydrogens is 238 g/mol. The molecule has 0 radical (unpaired) electrons. The Bertz CT molecular complexity index is 566. The monoisotopic (exact) mass is 249 g/mol. The summed E-state index contributed by atoms with van der Waals surface area (Å²) < 4.78 is 1.65. The Balaban J connectivity index is 2.40. The Hall–Kier alpha value is -1.95. The Kier molecular flexibility index (Phi) is 3.06. The Labute approximate surface area is 102 Å². The van der Waals surface area contributed by atoms with E-state index in [9.17, 15) is 4.79 Å². The molecule has 0 aliphatic rings. The van der Waals surface area contributed by atoms with Crippen LogP contribution in [0.25, 0.3) is 0 Å². The lowest BCUT2D eigenvalue weighted by atomic mass is 10.2. The maximum atomic E-state index is 11.1. The molecule has 1 aromatic heterocycles. The van der Waals surface area contributed by atoms with E-state index in [0.29, 0.717) is 10.6 Å². The molecule has 0 aliphatic heterocycles. The molecule has 0 saturated heterocycles. The van der Waals surface area contributed by atoms with Gasteiger partial charge in [-0.2, -0.15) is 5.10 Å². The zero-order chi connectivity index (χ0) is 12.4. The van der Waals surface area contributed by atoms with Crippen LogP contribution in [0.15, 0.2) is 40.4 Å². The van der Waals surface area contributed by atoms with Gasteiger partial charge in [-0.25, -0.2) is 4.79 Å². The lowest BCUT2D eigenvalue weighted by Crippen LogP contribution is -2.01. The summed E-state index contributed by atoms with van der Waals surface area (Å²) in [4.78, 5) is 12.5. The molecule has 0 bridgehead atoms. The molecule has 3 N–H and O–H groups in total. The van der Waals surface area contributed by atoms with Crippen molar-refractivity contribution < 1.29 is 9.90 Å². The minimum absolute atomic E-state index is 0.207. The van der Waals surface area contributed by atoms with E-state index in [1.54, 1.807) is 30.1 Å². The summed E-state index contributed by atoms with van der Waals surface area (Å²) in [6.45, 7) is 0. The Morgan fingerprint density at radius 3 is 2.88 bits per heavy atom. The quantitative estimate of drug-likeness (QED) is 0.811. The van der Waals surface area contributed by atoms with E-state index in [1.165, 1.54) is 17.8 Å². The summed E-state index contributed by atoms with van der Waals surface area (Å²) in [5.41, 5.74) is 6.47. The van der Waals surface area contributed by atoms with Gasteiger partial charge in [0.1, 0.15) is 0 Å². The van der Waals surface area contributed by atoms with E-state index in [1.807, 2.05) is 6.20 Å². The van der Waals surface area contributed by atoms with Gasteiger partial charge in [-0.3, -0.25) is 4.68 Å². The number of rotatable bonds is 3. The highest BCUT2D eigenvalue weighted by Crippen LogP contribution is 2.34. The third-order valence-electron chi connectivity index (χ3n) is 2.18. The number of nitrogens with zero attached hydrogens (tertiary/aromatic N) is 2. The predicted octanol–water partition coefficient (Wildman–Crippen LogP) is 1.85. The molecule has 0 amide bonds. The van der Waals surface area contributed by atoms with E-state index in [0.717, 1.165) is 4.90 Å². The van der Waals surface area contributed by atoms with Crippen LogP contribution >= 0.6 is 11.8 Å². The summed E-state index contributed by atoms with van der Waals surface area (Å²) in [7, 11) is 1.80. The van der Waals surface area contributed by atoms with Crippen molar-refractivity contribution in [2.75, 3.05) is 5.73 Å². The minimum atomic E-state index is -0.983. The fraction of sp³-hybridized carbons (Fsp3) is 0.0909. The minimum Gasteiger partial charge on any atom is -0.478 e. The van der Waals surface area contributed by atoms with E-state index in [2.05, 4.69) is 5.10 Å². The summed E-state index contributed by atoms with van der Waals surface area (Å²) in [6.07, 6.45) is 3.48. The largest absolute Gasteiger partial charge is 0.478 e. The third-order valence-corrected chi connectivity index (χ3v) is 3.28. The molecule has 1 heterocycles. The highest BCUT2D eigenvalue weighted by atomic mass is 32.2. The molecule has 0 aliphatic carbocycles. The number of hydrogen-bond donors (Lipinski definition) is 2. The van der Waals surface area contributed by atoms with Crippen molar-refractivity contribution in [3.63, 3.8) is 0 Å². The highest BCUT2D eigenvalue weighted by Gasteiger charge is 2.14. The number of carboxylic acid groups (broad SMARTS) is 1. The molecule has 0 atom stereocenters. The van der Waals surface area contributed by atoms with Crippen LogP contribution in [-0.2, 0) is 7.05 Å². The number of carboxylic acids is 1. The molecule has 0 saturated carbocycles. The predicted molar refractivity (Wildman–Crippen MR) is 65.1 cm³/mol. The van der Waals surface area contributed by atoms with Gasteiger partial charge in [0.25, 0.3) is 0 Å². The van der Waals surface area contributed by atoms with Crippen molar-refractivity contribution in [1.82, 2.24) is 9.78 Å². The highest BCUT2D eigenvalue weighted by molar-refractivity contribution is 7.99. The number of carbonyl (C=O) groups is 1. The average molecular weight is 249 g/mol. The number of nitrogen functional groups attached to an aromatic ring is 1. The number of aromatic nitrogens is 2. The summed E-state index contributed by atoms with van der Waals surface area (Å²) in [5.74, 6) is -0.983. The maximum absolute atomic E-state index is 11.1. The fourth-order valence-electron chi connectivity index (χ4n) is 1.41. The van der Waals surface area contributed by atoms with E-state index in [-0.39, 0.29) is 5.56 Å². The molecule has 17 heavy (non-hydrogen) atoms. The molecule has 2 rings (SSSR count). The molecule has 0 spiro atoms. The van der Waals surface area contributed by atoms with Crippen molar-refractivity contribution in [1.29, 1.82) is 0 Å². The van der Waals surface area contributed by atoms with Crippen molar-refractivity contribution in [3.05, 3.63) is 36.2 Å². The molecule has 2 aromatic rings. The molecule has 6 heteroatoms. The van der Waals surface area contributed by atoms with Gasteiger partial charge < -0.3 is 10.8 Å². The Morgan fingerprint density at radius 1 is 1.53 bits per heavy atom. The van der Waals surface area contributed by atoms with Crippen molar-refractivity contribution in [2.45, 2.75) is 9.79 Å². The van der Waals surface area contributed by atoms with Gasteiger partial charge in [0, 0.05) is 23.8 Å². The van der Waals surface area contributed by atoms with Crippen LogP contribution in [0.3, 0.4) is 0 Å². The van der Waals surface area contributed by atoms with Crippen molar-refractivity contribution in [3.8, 4) is 0 Å². The number of nitrogens with two attached hydrogens (primary N) is 1. The van der Waals surface area contributed by atoms with E-state index in [4.69, 9.17) is 10.8 Å². The van der Waals surface area contributed by atoms with E-state index < -0.39 is 5.97 Å². The number of aryl methyl sites for hydroxylation is 1. The zero-order valence-electron chi connectivity index (χ0n) is 9.12. The van der Waals surface area contributed by atoms with Crippen LogP contribution < -0.4 is 5.73 Å². The first-order chi connectivity index (χ1) is 8.08. The Morgan fingerprint density at radius 2 is 2.29 bits per heavy atom. The fourth-order valence-corrected chi connectivity index (χ4v) is 2.40. The van der Waals surface area contributed by atoms with Crippen LogP contribution in [-0.4, -0.2) is 20.9 Å². The van der Waals surface area contributed by atoms with Gasteiger partial charge in [0.15, 0.2) is 0 Å². The van der Waals surface area contributed by atoms with Gasteiger partial charge in [-0.05, 0) is 12.1 Å². The van der Waals surface area contributed by atoms with Crippen LogP contribution in [0, 0.1) is 0 Å². The van der Waals surface area contributed by atoms with Crippen LogP contribution in [0.1, 0.15) is 10.4 Å². The second kappa shape index (κ2) is 4.50. The number of hydrogen-bond acceptors (Lipinski definition) is 4. The molecule has 5 nitrogen and oxygen atoms in total. The van der Waals surface area contributed by atoms with Crippen molar-refractivity contribution >= 4 is 23.4 Å². The summed E-state index contributed by atoms with van der Waals surface area (Å²) in [5, 5.41) is 13.1. The molecule has 1 aromatic carbocycles. The van der Waals surface area contributed by atoms with Gasteiger partial charge >= 0.3 is 5.97 Å². The molecule has 88 valence electrons. The molecule has 0 unspecified atom stereocenters. The topological polar surface area (TPSA) is 81.1 Å². The van der Waals surface area contributed by atoms with Gasteiger partial charge in [0.05, 0.1) is 16.7 Å². The number of aromatic carboxylic acids is 1. The van der Waals surface area contributed by atoms with E-state index >= 15 is 0 Å². The first-order valence-corrected chi connectivity index (χ1v) is 5.68. The summed E-state index contributed by atoms with van der Waals surface area (Å²) in [6, 6.07) is 4.86. The first kappa shape index (κ1) is 11.5. The van der Waals surface area contributed by atoms with Crippen LogP contribution in [0.5, 0.6) is 0 Å². The number of anilines is 1. The maximum Gasteiger partial charge on any atom is 0.336 e. The van der Waals surface area contributed by atoms with Gasteiger partial charge in [-0.15, -0.1) is 0 Å². The number of benzene rings is 1. The second-order valence-electron chi connectivity index (χ2n) is 3.48. The van der Waals surface area contributed by atoms with Crippen LogP contribution in [0.4, 0.5) is 5.69 Å². The van der Waals surface area contributed by atoms with Crippen molar-refractivity contribution in [2.24, 2.45) is 7.05 Å². The van der Waals surface area contributed by atoms with Gasteiger partial charge in [-0.1, -0.05) is 17.8 Å². The SMILES string of the molecule is Cn1cc(Sc2c(N)cccc2C(=O)O)cn1. The van der Waals surface area contributed by atoms with Gasteiger partial charge in [0.2, 0.25) is 0 Å².